The number of aryl methyl sites for hydroxylation is 1. The van der Waals surface area contributed by atoms with Gasteiger partial charge in [-0.05, 0) is 25.0 Å². The van der Waals surface area contributed by atoms with Crippen molar-refractivity contribution in [2.45, 2.75) is 26.7 Å². The molecule has 0 nitrogen and oxygen atoms in total. The summed E-state index contributed by atoms with van der Waals surface area (Å²) in [6.45, 7) is 4.23. The minimum atomic E-state index is 0.817. The zero-order valence-corrected chi connectivity index (χ0v) is 10.1. The van der Waals surface area contributed by atoms with E-state index in [0.29, 0.717) is 0 Å². The maximum Gasteiger partial charge on any atom is 0.0366 e. The molecule has 0 heterocycles. The molecule has 0 N–H and O–H groups in total. The summed E-state index contributed by atoms with van der Waals surface area (Å²) in [5, 5.41) is 0.817. The van der Waals surface area contributed by atoms with Gasteiger partial charge in [-0.3, -0.25) is 0 Å². The van der Waals surface area contributed by atoms with Crippen LogP contribution < -0.4 is 0 Å². The van der Waals surface area contributed by atoms with Gasteiger partial charge in [0.2, 0.25) is 0 Å². The van der Waals surface area contributed by atoms with Crippen molar-refractivity contribution in [1.29, 1.82) is 0 Å². The molecule has 1 rings (SSSR count). The van der Waals surface area contributed by atoms with E-state index in [1.165, 1.54) is 11.1 Å². The Labute approximate surface area is 97.3 Å². The highest BCUT2D eigenvalue weighted by Crippen LogP contribution is 2.10. The molecule has 0 spiro atoms. The van der Waals surface area contributed by atoms with E-state index in [1.54, 1.807) is 0 Å². The number of hydrogen-bond donors (Lipinski definition) is 0. The molecule has 0 saturated heterocycles. The van der Waals surface area contributed by atoms with E-state index < -0.39 is 0 Å². The predicted molar refractivity (Wildman–Crippen MR) is 69.1 cm³/mol. The maximum atomic E-state index is 6.02. The number of unbranched alkanes of at least 4 members (excludes halogenated alkanes) is 1. The lowest BCUT2D eigenvalue weighted by molar-refractivity contribution is 0.957. The Morgan fingerprint density at radius 3 is 2.53 bits per heavy atom. The van der Waals surface area contributed by atoms with Crippen LogP contribution in [0.1, 0.15) is 30.9 Å². The molecular formula is C14H17Cl. The molecule has 80 valence electrons. The van der Waals surface area contributed by atoms with Crippen LogP contribution in [0.4, 0.5) is 0 Å². The second-order valence-corrected chi connectivity index (χ2v) is 4.06. The summed E-state index contributed by atoms with van der Waals surface area (Å²) < 4.78 is 0. The molecule has 1 aromatic rings. The zero-order chi connectivity index (χ0) is 11.1. The molecule has 0 saturated carbocycles. The number of hydrogen-bond acceptors (Lipinski definition) is 0. The van der Waals surface area contributed by atoms with Crippen molar-refractivity contribution in [2.24, 2.45) is 0 Å². The predicted octanol–water partition coefficient (Wildman–Crippen LogP) is 4.93. The van der Waals surface area contributed by atoms with Crippen molar-refractivity contribution in [3.8, 4) is 0 Å². The second kappa shape index (κ2) is 6.47. The van der Waals surface area contributed by atoms with Crippen molar-refractivity contribution in [1.82, 2.24) is 0 Å². The molecular weight excluding hydrogens is 204 g/mol. The second-order valence-electron chi connectivity index (χ2n) is 3.62. The van der Waals surface area contributed by atoms with E-state index >= 15 is 0 Å². The van der Waals surface area contributed by atoms with Crippen molar-refractivity contribution in [2.75, 3.05) is 0 Å². The minimum Gasteiger partial charge on any atom is -0.0847 e. The SMILES string of the molecule is CCC/C=C(Cl)/C=C/c1ccc(C)cc1. The quantitative estimate of drug-likeness (QED) is 0.631. The van der Waals surface area contributed by atoms with Gasteiger partial charge in [0.05, 0.1) is 0 Å². The highest BCUT2D eigenvalue weighted by Gasteiger charge is 1.88. The van der Waals surface area contributed by atoms with Crippen LogP contribution in [-0.4, -0.2) is 0 Å². The van der Waals surface area contributed by atoms with Crippen molar-refractivity contribution in [3.63, 3.8) is 0 Å². The summed E-state index contributed by atoms with van der Waals surface area (Å²) in [7, 11) is 0. The van der Waals surface area contributed by atoms with Gasteiger partial charge in [-0.1, -0.05) is 66.9 Å². The van der Waals surface area contributed by atoms with Crippen LogP contribution in [0, 0.1) is 6.92 Å². The van der Waals surface area contributed by atoms with E-state index in [9.17, 15) is 0 Å². The highest BCUT2D eigenvalue weighted by molar-refractivity contribution is 6.31. The summed E-state index contributed by atoms with van der Waals surface area (Å²) in [5.41, 5.74) is 2.46. The molecule has 1 aromatic carbocycles. The van der Waals surface area contributed by atoms with Crippen LogP contribution in [0.25, 0.3) is 6.08 Å². The summed E-state index contributed by atoms with van der Waals surface area (Å²) in [6.07, 6.45) is 8.20. The van der Waals surface area contributed by atoms with Crippen molar-refractivity contribution >= 4 is 17.7 Å². The molecule has 0 unspecified atom stereocenters. The van der Waals surface area contributed by atoms with Crippen LogP contribution >= 0.6 is 11.6 Å². The summed E-state index contributed by atoms with van der Waals surface area (Å²) in [4.78, 5) is 0. The van der Waals surface area contributed by atoms with Gasteiger partial charge in [-0.25, -0.2) is 0 Å². The van der Waals surface area contributed by atoms with Gasteiger partial charge in [0, 0.05) is 5.03 Å². The molecule has 0 radical (unpaired) electrons. The van der Waals surface area contributed by atoms with Gasteiger partial charge < -0.3 is 0 Å². The average Bonchev–Trinajstić information content (AvgIpc) is 2.25. The average molecular weight is 221 g/mol. The standard InChI is InChI=1S/C14H17Cl/c1-3-4-5-14(15)11-10-13-8-6-12(2)7-9-13/h5-11H,3-4H2,1-2H3/b11-10+,14-5-. The zero-order valence-electron chi connectivity index (χ0n) is 9.33. The molecule has 1 heteroatoms. The fourth-order valence-corrected chi connectivity index (χ4v) is 1.38. The number of benzene rings is 1. The molecule has 0 amide bonds. The van der Waals surface area contributed by atoms with E-state index in [2.05, 4.69) is 38.1 Å². The van der Waals surface area contributed by atoms with Crippen LogP contribution in [0.2, 0.25) is 0 Å². The lowest BCUT2D eigenvalue weighted by Gasteiger charge is -1.94. The van der Waals surface area contributed by atoms with Gasteiger partial charge in [0.25, 0.3) is 0 Å². The molecule has 0 aromatic heterocycles. The van der Waals surface area contributed by atoms with E-state index in [-0.39, 0.29) is 0 Å². The summed E-state index contributed by atoms with van der Waals surface area (Å²) in [5.74, 6) is 0. The molecule has 0 atom stereocenters. The molecule has 0 fully saturated rings. The third-order valence-electron chi connectivity index (χ3n) is 2.14. The Hall–Kier alpha value is -1.01. The van der Waals surface area contributed by atoms with Gasteiger partial charge in [-0.15, -0.1) is 0 Å². The lowest BCUT2D eigenvalue weighted by atomic mass is 10.1. The monoisotopic (exact) mass is 220 g/mol. The molecule has 15 heavy (non-hydrogen) atoms. The molecule has 0 bridgehead atoms. The van der Waals surface area contributed by atoms with Crippen LogP contribution in [0.3, 0.4) is 0 Å². The van der Waals surface area contributed by atoms with Crippen molar-refractivity contribution in [3.05, 3.63) is 52.6 Å². The topological polar surface area (TPSA) is 0 Å². The number of allylic oxidation sites excluding steroid dienone is 3. The van der Waals surface area contributed by atoms with Crippen molar-refractivity contribution < 1.29 is 0 Å². The van der Waals surface area contributed by atoms with Crippen LogP contribution in [0.5, 0.6) is 0 Å². The summed E-state index contributed by atoms with van der Waals surface area (Å²) in [6, 6.07) is 8.39. The third-order valence-corrected chi connectivity index (χ3v) is 2.42. The summed E-state index contributed by atoms with van der Waals surface area (Å²) >= 11 is 6.02. The maximum absolute atomic E-state index is 6.02. The van der Waals surface area contributed by atoms with Gasteiger partial charge in [0.15, 0.2) is 0 Å². The Morgan fingerprint density at radius 1 is 1.27 bits per heavy atom. The van der Waals surface area contributed by atoms with E-state index in [1.807, 2.05) is 18.2 Å². The third kappa shape index (κ3) is 4.85. The first-order chi connectivity index (χ1) is 7.22. The molecule has 0 aliphatic heterocycles. The largest absolute Gasteiger partial charge is 0.0847 e. The normalized spacial score (nSPS) is 12.3. The van der Waals surface area contributed by atoms with Crippen LogP contribution in [-0.2, 0) is 0 Å². The Kier molecular flexibility index (Phi) is 5.20. The molecule has 0 aliphatic carbocycles. The Morgan fingerprint density at radius 2 is 1.93 bits per heavy atom. The first-order valence-corrected chi connectivity index (χ1v) is 5.70. The Bertz CT molecular complexity index is 344. The minimum absolute atomic E-state index is 0.817. The Balaban J connectivity index is 2.61. The smallest absolute Gasteiger partial charge is 0.0366 e. The van der Waals surface area contributed by atoms with E-state index in [4.69, 9.17) is 11.6 Å². The lowest BCUT2D eigenvalue weighted by Crippen LogP contribution is -1.73. The number of rotatable bonds is 4. The van der Waals surface area contributed by atoms with Gasteiger partial charge in [-0.2, -0.15) is 0 Å². The van der Waals surface area contributed by atoms with Crippen LogP contribution in [0.15, 0.2) is 41.4 Å². The number of halogens is 1. The highest BCUT2D eigenvalue weighted by atomic mass is 35.5. The first-order valence-electron chi connectivity index (χ1n) is 5.33. The van der Waals surface area contributed by atoms with Gasteiger partial charge >= 0.3 is 0 Å². The van der Waals surface area contributed by atoms with Gasteiger partial charge in [0.1, 0.15) is 0 Å². The molecule has 0 aliphatic rings. The fourth-order valence-electron chi connectivity index (χ4n) is 1.20. The fraction of sp³-hybridized carbons (Fsp3) is 0.286. The van der Waals surface area contributed by atoms with E-state index in [0.717, 1.165) is 17.9 Å². The first kappa shape index (κ1) is 12.1.